The summed E-state index contributed by atoms with van der Waals surface area (Å²) in [5.74, 6) is 0. The van der Waals surface area contributed by atoms with Gasteiger partial charge in [-0.05, 0) is 25.5 Å². The summed E-state index contributed by atoms with van der Waals surface area (Å²) in [6.07, 6.45) is -1.13. The second-order valence-electron chi connectivity index (χ2n) is 3.10. The average molecular weight is 196 g/mol. The largest absolute Gasteiger partial charge is 0.465 e. The molecule has 0 aliphatic rings. The van der Waals surface area contributed by atoms with Gasteiger partial charge in [-0.25, -0.2) is 4.79 Å². The summed E-state index contributed by atoms with van der Waals surface area (Å²) >= 11 is 0. The molecule has 1 aromatic heterocycles. The summed E-state index contributed by atoms with van der Waals surface area (Å²) < 4.78 is 0. The van der Waals surface area contributed by atoms with Gasteiger partial charge in [-0.3, -0.25) is 4.79 Å². The average Bonchev–Trinajstić information content (AvgIpc) is 2.01. The van der Waals surface area contributed by atoms with Gasteiger partial charge in [0.25, 0.3) is 5.56 Å². The minimum absolute atomic E-state index is 0.0385. The minimum atomic E-state index is -1.13. The van der Waals surface area contributed by atoms with Crippen LogP contribution < -0.4 is 10.9 Å². The van der Waals surface area contributed by atoms with Crippen LogP contribution in [0.25, 0.3) is 0 Å². The highest BCUT2D eigenvalue weighted by Gasteiger charge is 2.05. The van der Waals surface area contributed by atoms with Gasteiger partial charge in [0.15, 0.2) is 0 Å². The number of pyridine rings is 1. The Kier molecular flexibility index (Phi) is 2.91. The lowest BCUT2D eigenvalue weighted by atomic mass is 10.1. The summed E-state index contributed by atoms with van der Waals surface area (Å²) in [4.78, 5) is 24.2. The first-order valence-electron chi connectivity index (χ1n) is 4.17. The van der Waals surface area contributed by atoms with E-state index < -0.39 is 6.09 Å². The van der Waals surface area contributed by atoms with Crippen LogP contribution in [0.4, 0.5) is 4.79 Å². The number of amides is 1. The van der Waals surface area contributed by atoms with Gasteiger partial charge in [0, 0.05) is 11.3 Å². The third-order valence-corrected chi connectivity index (χ3v) is 1.91. The molecule has 14 heavy (non-hydrogen) atoms. The lowest BCUT2D eigenvalue weighted by molar-refractivity contribution is 0.194. The third kappa shape index (κ3) is 2.35. The van der Waals surface area contributed by atoms with Gasteiger partial charge >= 0.3 is 6.09 Å². The summed E-state index contributed by atoms with van der Waals surface area (Å²) in [5.41, 5.74) is 1.78. The molecule has 3 N–H and O–H groups in total. The number of carbonyl (C=O) groups is 1. The van der Waals surface area contributed by atoms with Crippen molar-refractivity contribution in [1.29, 1.82) is 0 Å². The topological polar surface area (TPSA) is 82.2 Å². The fourth-order valence-electron chi connectivity index (χ4n) is 1.27. The molecule has 5 nitrogen and oxygen atoms in total. The molecular weight excluding hydrogens is 184 g/mol. The van der Waals surface area contributed by atoms with E-state index in [0.717, 1.165) is 11.3 Å². The van der Waals surface area contributed by atoms with Gasteiger partial charge in [0.2, 0.25) is 0 Å². The van der Waals surface area contributed by atoms with Crippen LogP contribution in [-0.4, -0.2) is 16.2 Å². The first-order chi connectivity index (χ1) is 6.50. The summed E-state index contributed by atoms with van der Waals surface area (Å²) in [6.45, 7) is 3.60. The van der Waals surface area contributed by atoms with Gasteiger partial charge in [-0.2, -0.15) is 0 Å². The van der Waals surface area contributed by atoms with E-state index in [1.54, 1.807) is 19.9 Å². The van der Waals surface area contributed by atoms with Crippen LogP contribution >= 0.6 is 0 Å². The van der Waals surface area contributed by atoms with Crippen LogP contribution in [0.5, 0.6) is 0 Å². The molecule has 1 rings (SSSR count). The fraction of sp³-hybridized carbons (Fsp3) is 0.333. The van der Waals surface area contributed by atoms with Crippen molar-refractivity contribution in [2.75, 3.05) is 0 Å². The molecule has 0 spiro atoms. The van der Waals surface area contributed by atoms with Crippen LogP contribution in [0.1, 0.15) is 16.8 Å². The first kappa shape index (κ1) is 10.3. The van der Waals surface area contributed by atoms with E-state index >= 15 is 0 Å². The van der Waals surface area contributed by atoms with Gasteiger partial charge in [-0.1, -0.05) is 0 Å². The predicted octanol–water partition coefficient (Wildman–Crippen LogP) is 0.759. The molecule has 0 unspecified atom stereocenters. The summed E-state index contributed by atoms with van der Waals surface area (Å²) in [5, 5.41) is 10.5. The van der Waals surface area contributed by atoms with Crippen molar-refractivity contribution >= 4 is 6.09 Å². The number of rotatable bonds is 2. The van der Waals surface area contributed by atoms with Crippen LogP contribution in [0, 0.1) is 13.8 Å². The zero-order chi connectivity index (χ0) is 10.7. The second kappa shape index (κ2) is 3.95. The van der Waals surface area contributed by atoms with E-state index in [4.69, 9.17) is 5.11 Å². The van der Waals surface area contributed by atoms with Crippen molar-refractivity contribution in [2.24, 2.45) is 0 Å². The van der Waals surface area contributed by atoms with Crippen molar-refractivity contribution in [2.45, 2.75) is 20.4 Å². The number of hydrogen-bond donors (Lipinski definition) is 3. The molecule has 0 bridgehead atoms. The number of H-pyrrole nitrogens is 1. The highest BCUT2D eigenvalue weighted by Crippen LogP contribution is 2.02. The molecule has 0 atom stereocenters. The Hall–Kier alpha value is -1.78. The molecule has 0 aliphatic heterocycles. The number of aryl methyl sites for hydroxylation is 2. The lowest BCUT2D eigenvalue weighted by Crippen LogP contribution is -2.26. The maximum absolute atomic E-state index is 11.4. The Morgan fingerprint density at radius 2 is 2.21 bits per heavy atom. The molecular formula is C9H12N2O3. The van der Waals surface area contributed by atoms with E-state index in [9.17, 15) is 9.59 Å². The molecule has 0 fully saturated rings. The smallest absolute Gasteiger partial charge is 0.404 e. The predicted molar refractivity (Wildman–Crippen MR) is 51.4 cm³/mol. The molecule has 0 saturated carbocycles. The van der Waals surface area contributed by atoms with Crippen LogP contribution in [0.2, 0.25) is 0 Å². The summed E-state index contributed by atoms with van der Waals surface area (Å²) in [6, 6.07) is 1.81. The van der Waals surface area contributed by atoms with Crippen molar-refractivity contribution in [3.05, 3.63) is 33.2 Å². The van der Waals surface area contributed by atoms with Crippen LogP contribution in [-0.2, 0) is 6.54 Å². The quantitative estimate of drug-likeness (QED) is 0.653. The maximum Gasteiger partial charge on any atom is 0.404 e. The molecule has 0 radical (unpaired) electrons. The Balaban J connectivity index is 2.97. The van der Waals surface area contributed by atoms with E-state index in [2.05, 4.69) is 10.3 Å². The number of carboxylic acid groups (broad SMARTS) is 1. The van der Waals surface area contributed by atoms with Gasteiger partial charge in [0.1, 0.15) is 0 Å². The Morgan fingerprint density at radius 1 is 1.57 bits per heavy atom. The van der Waals surface area contributed by atoms with E-state index in [1.807, 2.05) is 0 Å². The number of hydrogen-bond acceptors (Lipinski definition) is 2. The fourth-order valence-corrected chi connectivity index (χ4v) is 1.27. The Labute approximate surface area is 80.8 Å². The molecule has 1 aromatic rings. The molecule has 0 saturated heterocycles. The van der Waals surface area contributed by atoms with E-state index in [1.165, 1.54) is 0 Å². The van der Waals surface area contributed by atoms with Crippen LogP contribution in [0.3, 0.4) is 0 Å². The number of nitrogens with one attached hydrogen (secondary N) is 2. The molecule has 5 heteroatoms. The zero-order valence-electron chi connectivity index (χ0n) is 8.05. The molecule has 76 valence electrons. The van der Waals surface area contributed by atoms with Crippen molar-refractivity contribution < 1.29 is 9.90 Å². The van der Waals surface area contributed by atoms with Gasteiger partial charge < -0.3 is 15.4 Å². The van der Waals surface area contributed by atoms with E-state index in [-0.39, 0.29) is 12.1 Å². The van der Waals surface area contributed by atoms with E-state index in [0.29, 0.717) is 5.56 Å². The summed E-state index contributed by atoms with van der Waals surface area (Å²) in [7, 11) is 0. The monoisotopic (exact) mass is 196 g/mol. The third-order valence-electron chi connectivity index (χ3n) is 1.91. The highest BCUT2D eigenvalue weighted by molar-refractivity contribution is 5.64. The Morgan fingerprint density at radius 3 is 2.71 bits per heavy atom. The molecule has 0 aliphatic carbocycles. The Bertz CT molecular complexity index is 409. The number of aromatic amines is 1. The number of aromatic nitrogens is 1. The van der Waals surface area contributed by atoms with Crippen LogP contribution in [0.15, 0.2) is 10.9 Å². The zero-order valence-corrected chi connectivity index (χ0v) is 8.05. The highest BCUT2D eigenvalue weighted by atomic mass is 16.4. The standard InChI is InChI=1S/C9H12N2O3/c1-5-3-6(2)11-8(12)7(5)4-10-9(13)14/h3,10H,4H2,1-2H3,(H,11,12)(H,13,14). The van der Waals surface area contributed by atoms with Crippen molar-refractivity contribution in [3.63, 3.8) is 0 Å². The molecule has 0 aromatic carbocycles. The maximum atomic E-state index is 11.4. The van der Waals surface area contributed by atoms with Crippen molar-refractivity contribution in [1.82, 2.24) is 10.3 Å². The van der Waals surface area contributed by atoms with Gasteiger partial charge in [-0.15, -0.1) is 0 Å². The minimum Gasteiger partial charge on any atom is -0.465 e. The first-order valence-corrected chi connectivity index (χ1v) is 4.17. The lowest BCUT2D eigenvalue weighted by Gasteiger charge is -2.05. The van der Waals surface area contributed by atoms with Gasteiger partial charge in [0.05, 0.1) is 6.54 Å². The molecule has 1 heterocycles. The second-order valence-corrected chi connectivity index (χ2v) is 3.10. The molecule has 1 amide bonds. The SMILES string of the molecule is Cc1cc(C)c(CNC(=O)O)c(=O)[nH]1. The normalized spacial score (nSPS) is 9.86. The van der Waals surface area contributed by atoms with Crippen molar-refractivity contribution in [3.8, 4) is 0 Å².